The standard InChI is InChI=1S/C19H21NO3S3/c1-4-23-18(22)15-11(2)12(3)26-17(15)20-16(21)13-5-7-14(8-6-13)19-24-9-10-25-19/h5-8,19H,4,9-10H2,1-3H3,(H,20,21). The van der Waals surface area contributed by atoms with Gasteiger partial charge in [-0.05, 0) is 44.0 Å². The van der Waals surface area contributed by atoms with Crippen molar-refractivity contribution in [2.45, 2.75) is 25.4 Å². The first-order valence-electron chi connectivity index (χ1n) is 8.43. The van der Waals surface area contributed by atoms with E-state index >= 15 is 0 Å². The van der Waals surface area contributed by atoms with Gasteiger partial charge >= 0.3 is 5.97 Å². The molecule has 1 fully saturated rings. The number of hydrogen-bond donors (Lipinski definition) is 1. The van der Waals surface area contributed by atoms with E-state index in [2.05, 4.69) is 5.32 Å². The Hall–Kier alpha value is -1.44. The highest BCUT2D eigenvalue weighted by Crippen LogP contribution is 2.45. The summed E-state index contributed by atoms with van der Waals surface area (Å²) in [4.78, 5) is 25.9. The van der Waals surface area contributed by atoms with Crippen LogP contribution in [0.2, 0.25) is 0 Å². The second-order valence-electron chi connectivity index (χ2n) is 5.86. The van der Waals surface area contributed by atoms with Gasteiger partial charge in [-0.15, -0.1) is 34.9 Å². The van der Waals surface area contributed by atoms with Crippen molar-refractivity contribution < 1.29 is 14.3 Å². The molecule has 1 aliphatic rings. The SMILES string of the molecule is CCOC(=O)c1c(NC(=O)c2ccc(C3SCCS3)cc2)sc(C)c1C. The van der Waals surface area contributed by atoms with E-state index in [1.807, 2.05) is 61.6 Å². The summed E-state index contributed by atoms with van der Waals surface area (Å²) < 4.78 is 5.60. The minimum absolute atomic E-state index is 0.213. The molecule has 0 bridgehead atoms. The predicted octanol–water partition coefficient (Wildman–Crippen LogP) is 5.27. The number of ether oxygens (including phenoxy) is 1. The maximum Gasteiger partial charge on any atom is 0.341 e. The average Bonchev–Trinajstić information content (AvgIpc) is 3.24. The Morgan fingerprint density at radius 3 is 2.42 bits per heavy atom. The molecule has 1 N–H and O–H groups in total. The topological polar surface area (TPSA) is 55.4 Å². The minimum atomic E-state index is -0.393. The third kappa shape index (κ3) is 4.10. The minimum Gasteiger partial charge on any atom is -0.462 e. The Balaban J connectivity index is 1.77. The van der Waals surface area contributed by atoms with Gasteiger partial charge in [0.1, 0.15) is 5.00 Å². The van der Waals surface area contributed by atoms with Crippen molar-refractivity contribution >= 4 is 51.7 Å². The third-order valence-corrected chi connectivity index (χ3v) is 8.39. The van der Waals surface area contributed by atoms with E-state index in [0.717, 1.165) is 10.4 Å². The van der Waals surface area contributed by atoms with Crippen LogP contribution in [0, 0.1) is 13.8 Å². The Labute approximate surface area is 166 Å². The predicted molar refractivity (Wildman–Crippen MR) is 112 cm³/mol. The van der Waals surface area contributed by atoms with Gasteiger partial charge in [0.2, 0.25) is 0 Å². The van der Waals surface area contributed by atoms with Gasteiger partial charge in [-0.25, -0.2) is 4.79 Å². The quantitative estimate of drug-likeness (QED) is 0.684. The first-order valence-corrected chi connectivity index (χ1v) is 11.3. The molecule has 0 atom stereocenters. The zero-order valence-electron chi connectivity index (χ0n) is 15.0. The number of benzene rings is 1. The van der Waals surface area contributed by atoms with Crippen LogP contribution in [0.3, 0.4) is 0 Å². The van der Waals surface area contributed by atoms with Crippen LogP contribution in [0.5, 0.6) is 0 Å². The number of carbonyl (C=O) groups excluding carboxylic acids is 2. The van der Waals surface area contributed by atoms with Gasteiger partial charge in [0.25, 0.3) is 5.91 Å². The van der Waals surface area contributed by atoms with Gasteiger partial charge in [0.05, 0.1) is 16.8 Å². The van der Waals surface area contributed by atoms with E-state index in [1.165, 1.54) is 28.4 Å². The summed E-state index contributed by atoms with van der Waals surface area (Å²) in [6.07, 6.45) is 0. The molecule has 7 heteroatoms. The lowest BCUT2D eigenvalue weighted by Gasteiger charge is -2.10. The summed E-state index contributed by atoms with van der Waals surface area (Å²) in [5.41, 5.74) is 3.14. The highest BCUT2D eigenvalue weighted by Gasteiger charge is 2.23. The molecule has 4 nitrogen and oxygen atoms in total. The van der Waals surface area contributed by atoms with E-state index in [-0.39, 0.29) is 5.91 Å². The van der Waals surface area contributed by atoms with E-state index in [1.54, 1.807) is 6.92 Å². The number of thiophene rings is 1. The van der Waals surface area contributed by atoms with Crippen LogP contribution in [0.15, 0.2) is 24.3 Å². The fraction of sp³-hybridized carbons (Fsp3) is 0.368. The molecule has 0 radical (unpaired) electrons. The smallest absolute Gasteiger partial charge is 0.341 e. The van der Waals surface area contributed by atoms with Crippen molar-refractivity contribution in [2.75, 3.05) is 23.4 Å². The zero-order valence-corrected chi connectivity index (χ0v) is 17.4. The summed E-state index contributed by atoms with van der Waals surface area (Å²) in [5, 5.41) is 3.44. The van der Waals surface area contributed by atoms with Gasteiger partial charge in [-0.1, -0.05) is 12.1 Å². The van der Waals surface area contributed by atoms with Crippen molar-refractivity contribution in [3.8, 4) is 0 Å². The fourth-order valence-corrected chi connectivity index (χ4v) is 6.58. The molecule has 0 spiro atoms. The third-order valence-electron chi connectivity index (χ3n) is 4.16. The molecule has 26 heavy (non-hydrogen) atoms. The normalized spacial score (nSPS) is 14.4. The molecule has 2 aromatic rings. The lowest BCUT2D eigenvalue weighted by molar-refractivity contribution is 0.0527. The number of rotatable bonds is 5. The highest BCUT2D eigenvalue weighted by atomic mass is 32.2. The zero-order chi connectivity index (χ0) is 18.7. The largest absolute Gasteiger partial charge is 0.462 e. The molecule has 0 aliphatic carbocycles. The first-order chi connectivity index (χ1) is 12.5. The molecule has 1 aliphatic heterocycles. The van der Waals surface area contributed by atoms with Crippen LogP contribution in [-0.2, 0) is 4.74 Å². The first kappa shape index (κ1) is 19.3. The fourth-order valence-electron chi connectivity index (χ4n) is 2.68. The van der Waals surface area contributed by atoms with Crippen LogP contribution in [-0.4, -0.2) is 30.0 Å². The number of amides is 1. The van der Waals surface area contributed by atoms with Gasteiger partial charge in [0.15, 0.2) is 0 Å². The second kappa shape index (κ2) is 8.50. The van der Waals surface area contributed by atoms with Crippen LogP contribution >= 0.6 is 34.9 Å². The number of nitrogens with one attached hydrogen (secondary N) is 1. The summed E-state index contributed by atoms with van der Waals surface area (Å²) in [7, 11) is 0. The number of anilines is 1. The Morgan fingerprint density at radius 2 is 1.81 bits per heavy atom. The molecule has 3 rings (SSSR count). The summed E-state index contributed by atoms with van der Waals surface area (Å²) >= 11 is 5.28. The average molecular weight is 408 g/mol. The molecule has 1 aromatic heterocycles. The van der Waals surface area contributed by atoms with Gasteiger partial charge in [-0.2, -0.15) is 0 Å². The molecule has 2 heterocycles. The van der Waals surface area contributed by atoms with E-state index in [9.17, 15) is 9.59 Å². The number of hydrogen-bond acceptors (Lipinski definition) is 6. The molecule has 138 valence electrons. The number of thioether (sulfide) groups is 2. The summed E-state index contributed by atoms with van der Waals surface area (Å²) in [5.74, 6) is 1.74. The van der Waals surface area contributed by atoms with Crippen molar-refractivity contribution in [2.24, 2.45) is 0 Å². The Bertz CT molecular complexity index is 808. The second-order valence-corrected chi connectivity index (χ2v) is 9.81. The van der Waals surface area contributed by atoms with Crippen molar-refractivity contribution in [1.82, 2.24) is 0 Å². The van der Waals surface area contributed by atoms with Crippen LogP contribution in [0.1, 0.15) is 48.2 Å². The Morgan fingerprint density at radius 1 is 1.15 bits per heavy atom. The van der Waals surface area contributed by atoms with Gasteiger partial charge < -0.3 is 10.1 Å². The van der Waals surface area contributed by atoms with Crippen LogP contribution in [0.4, 0.5) is 5.00 Å². The number of esters is 1. The molecule has 1 aromatic carbocycles. The van der Waals surface area contributed by atoms with Gasteiger partial charge in [-0.3, -0.25) is 4.79 Å². The van der Waals surface area contributed by atoms with Crippen molar-refractivity contribution in [1.29, 1.82) is 0 Å². The van der Waals surface area contributed by atoms with E-state index in [0.29, 0.717) is 27.3 Å². The van der Waals surface area contributed by atoms with Gasteiger partial charge in [0, 0.05) is 21.9 Å². The van der Waals surface area contributed by atoms with E-state index < -0.39 is 5.97 Å². The van der Waals surface area contributed by atoms with Crippen molar-refractivity contribution in [3.05, 3.63) is 51.4 Å². The number of carbonyl (C=O) groups is 2. The maximum atomic E-state index is 12.6. The summed E-state index contributed by atoms with van der Waals surface area (Å²) in [6, 6.07) is 7.73. The lowest BCUT2D eigenvalue weighted by Crippen LogP contribution is -2.15. The molecule has 1 amide bonds. The van der Waals surface area contributed by atoms with E-state index in [4.69, 9.17) is 4.74 Å². The maximum absolute atomic E-state index is 12.6. The number of aryl methyl sites for hydroxylation is 1. The molecular formula is C19H21NO3S3. The van der Waals surface area contributed by atoms with Crippen molar-refractivity contribution in [3.63, 3.8) is 0 Å². The monoisotopic (exact) mass is 407 g/mol. The lowest BCUT2D eigenvalue weighted by atomic mass is 10.1. The highest BCUT2D eigenvalue weighted by molar-refractivity contribution is 8.19. The molecular weight excluding hydrogens is 386 g/mol. The van der Waals surface area contributed by atoms with Crippen LogP contribution in [0.25, 0.3) is 0 Å². The molecule has 1 saturated heterocycles. The Kier molecular flexibility index (Phi) is 6.32. The molecule has 0 saturated carbocycles. The van der Waals surface area contributed by atoms with Crippen LogP contribution < -0.4 is 5.32 Å². The molecule has 0 unspecified atom stereocenters. The summed E-state index contributed by atoms with van der Waals surface area (Å²) in [6.45, 7) is 5.88.